The largest absolute Gasteiger partial charge is 0.383 e. The quantitative estimate of drug-likeness (QED) is 0.733. The van der Waals surface area contributed by atoms with E-state index in [1.807, 2.05) is 11.8 Å². The Labute approximate surface area is 107 Å². The van der Waals surface area contributed by atoms with Crippen molar-refractivity contribution in [3.63, 3.8) is 0 Å². The molecule has 2 rings (SSSR count). The van der Waals surface area contributed by atoms with Crippen LogP contribution in [-0.4, -0.2) is 34.2 Å². The van der Waals surface area contributed by atoms with Crippen molar-refractivity contribution in [3.05, 3.63) is 6.33 Å². The van der Waals surface area contributed by atoms with Gasteiger partial charge in [-0.05, 0) is 18.8 Å². The molecule has 0 aliphatic heterocycles. The monoisotopic (exact) mass is 255 g/mol. The van der Waals surface area contributed by atoms with Crippen LogP contribution in [0, 0.1) is 5.92 Å². The van der Waals surface area contributed by atoms with E-state index in [2.05, 4.69) is 14.8 Å². The molecule has 0 aromatic carbocycles. The van der Waals surface area contributed by atoms with Crippen LogP contribution in [0.15, 0.2) is 11.5 Å². The van der Waals surface area contributed by atoms with Gasteiger partial charge in [0.15, 0.2) is 5.16 Å². The molecule has 1 saturated carbocycles. The fourth-order valence-electron chi connectivity index (χ4n) is 2.25. The van der Waals surface area contributed by atoms with Crippen LogP contribution in [0.2, 0.25) is 0 Å². The lowest BCUT2D eigenvalue weighted by molar-refractivity contribution is 0.184. The van der Waals surface area contributed by atoms with E-state index in [-0.39, 0.29) is 0 Å². The summed E-state index contributed by atoms with van der Waals surface area (Å²) in [4.78, 5) is 0. The summed E-state index contributed by atoms with van der Waals surface area (Å²) >= 11 is 1.84. The zero-order chi connectivity index (χ0) is 11.9. The van der Waals surface area contributed by atoms with Crippen LogP contribution in [0.4, 0.5) is 0 Å². The molecule has 0 spiro atoms. The standard InChI is InChI=1S/C12H21N3OS/c1-16-8-7-15-10-13-14-12(15)17-9-11-5-3-2-4-6-11/h10-11H,2-9H2,1H3. The molecule has 1 aliphatic carbocycles. The number of methoxy groups -OCH3 is 1. The molecule has 0 N–H and O–H groups in total. The zero-order valence-electron chi connectivity index (χ0n) is 10.5. The summed E-state index contributed by atoms with van der Waals surface area (Å²) in [5.41, 5.74) is 0. The van der Waals surface area contributed by atoms with Crippen molar-refractivity contribution in [3.8, 4) is 0 Å². The van der Waals surface area contributed by atoms with Gasteiger partial charge in [0.05, 0.1) is 6.61 Å². The van der Waals surface area contributed by atoms with E-state index in [4.69, 9.17) is 4.74 Å². The van der Waals surface area contributed by atoms with Gasteiger partial charge in [-0.2, -0.15) is 0 Å². The summed E-state index contributed by atoms with van der Waals surface area (Å²) in [6, 6.07) is 0. The average molecular weight is 255 g/mol. The molecule has 0 radical (unpaired) electrons. The van der Waals surface area contributed by atoms with E-state index in [1.165, 1.54) is 37.9 Å². The second-order valence-electron chi connectivity index (χ2n) is 4.61. The summed E-state index contributed by atoms with van der Waals surface area (Å²) in [7, 11) is 1.72. The first-order valence-corrected chi connectivity index (χ1v) is 7.38. The van der Waals surface area contributed by atoms with E-state index in [1.54, 1.807) is 13.4 Å². The Bertz CT molecular complexity index is 323. The van der Waals surface area contributed by atoms with Crippen LogP contribution in [-0.2, 0) is 11.3 Å². The highest BCUT2D eigenvalue weighted by molar-refractivity contribution is 7.99. The minimum Gasteiger partial charge on any atom is -0.383 e. The summed E-state index contributed by atoms with van der Waals surface area (Å²) < 4.78 is 7.16. The second-order valence-corrected chi connectivity index (χ2v) is 5.60. The summed E-state index contributed by atoms with van der Waals surface area (Å²) in [5, 5.41) is 9.18. The van der Waals surface area contributed by atoms with Crippen molar-refractivity contribution in [2.24, 2.45) is 5.92 Å². The average Bonchev–Trinajstić information content (AvgIpc) is 2.82. The number of nitrogens with zero attached hydrogens (tertiary/aromatic N) is 3. The van der Waals surface area contributed by atoms with Crippen molar-refractivity contribution in [1.82, 2.24) is 14.8 Å². The summed E-state index contributed by atoms with van der Waals surface area (Å²) in [5.74, 6) is 2.06. The van der Waals surface area contributed by atoms with E-state index < -0.39 is 0 Å². The van der Waals surface area contributed by atoms with E-state index in [0.29, 0.717) is 0 Å². The molecule has 1 aliphatic rings. The Morgan fingerprint density at radius 2 is 2.24 bits per heavy atom. The molecule has 0 unspecified atom stereocenters. The molecule has 1 fully saturated rings. The van der Waals surface area contributed by atoms with Crippen LogP contribution < -0.4 is 0 Å². The highest BCUT2D eigenvalue weighted by Gasteiger charge is 2.15. The van der Waals surface area contributed by atoms with Crippen LogP contribution in [0.25, 0.3) is 0 Å². The maximum absolute atomic E-state index is 5.08. The topological polar surface area (TPSA) is 39.9 Å². The third kappa shape index (κ3) is 4.00. The Balaban J connectivity index is 1.79. The lowest BCUT2D eigenvalue weighted by Crippen LogP contribution is -2.10. The molecule has 96 valence electrons. The maximum Gasteiger partial charge on any atom is 0.191 e. The Morgan fingerprint density at radius 3 is 3.00 bits per heavy atom. The Hall–Kier alpha value is -0.550. The van der Waals surface area contributed by atoms with Gasteiger partial charge < -0.3 is 9.30 Å². The first-order valence-electron chi connectivity index (χ1n) is 6.39. The molecule has 17 heavy (non-hydrogen) atoms. The van der Waals surface area contributed by atoms with Crippen LogP contribution in [0.1, 0.15) is 32.1 Å². The van der Waals surface area contributed by atoms with Crippen LogP contribution >= 0.6 is 11.8 Å². The number of hydrogen-bond donors (Lipinski definition) is 0. The van der Waals surface area contributed by atoms with Gasteiger partial charge >= 0.3 is 0 Å². The van der Waals surface area contributed by atoms with E-state index in [9.17, 15) is 0 Å². The van der Waals surface area contributed by atoms with Crippen molar-refractivity contribution in [1.29, 1.82) is 0 Å². The lowest BCUT2D eigenvalue weighted by atomic mass is 9.91. The fraction of sp³-hybridized carbons (Fsp3) is 0.833. The van der Waals surface area contributed by atoms with E-state index in [0.717, 1.165) is 24.2 Å². The molecule has 5 heteroatoms. The molecule has 1 aromatic heterocycles. The molecule has 0 amide bonds. The molecule has 1 aromatic rings. The number of aromatic nitrogens is 3. The second kappa shape index (κ2) is 7.01. The normalized spacial score (nSPS) is 17.5. The third-order valence-electron chi connectivity index (χ3n) is 3.29. The highest BCUT2D eigenvalue weighted by atomic mass is 32.2. The van der Waals surface area contributed by atoms with Crippen LogP contribution in [0.3, 0.4) is 0 Å². The van der Waals surface area contributed by atoms with Gasteiger partial charge in [-0.15, -0.1) is 10.2 Å². The third-order valence-corrected chi connectivity index (χ3v) is 4.50. The Morgan fingerprint density at radius 1 is 1.41 bits per heavy atom. The SMILES string of the molecule is COCCn1cnnc1SCC1CCCCC1. The van der Waals surface area contributed by atoms with Gasteiger partial charge in [0, 0.05) is 19.4 Å². The fourth-order valence-corrected chi connectivity index (χ4v) is 3.37. The van der Waals surface area contributed by atoms with Crippen molar-refractivity contribution >= 4 is 11.8 Å². The number of rotatable bonds is 6. The van der Waals surface area contributed by atoms with Crippen LogP contribution in [0.5, 0.6) is 0 Å². The first kappa shape index (κ1) is 12.9. The minimum absolute atomic E-state index is 0.717. The molecule has 1 heterocycles. The van der Waals surface area contributed by atoms with Crippen molar-refractivity contribution in [2.75, 3.05) is 19.5 Å². The van der Waals surface area contributed by atoms with Gasteiger partial charge in [0.2, 0.25) is 0 Å². The predicted octanol–water partition coefficient (Wildman–Crippen LogP) is 2.60. The van der Waals surface area contributed by atoms with Gasteiger partial charge in [-0.25, -0.2) is 0 Å². The lowest BCUT2D eigenvalue weighted by Gasteiger charge is -2.20. The van der Waals surface area contributed by atoms with Gasteiger partial charge in [-0.1, -0.05) is 31.0 Å². The maximum atomic E-state index is 5.08. The molecule has 0 bridgehead atoms. The Kier molecular flexibility index (Phi) is 5.32. The summed E-state index contributed by atoms with van der Waals surface area (Å²) in [6.45, 7) is 1.56. The molecule has 0 saturated heterocycles. The highest BCUT2D eigenvalue weighted by Crippen LogP contribution is 2.29. The first-order chi connectivity index (χ1) is 8.40. The van der Waals surface area contributed by atoms with Gasteiger partial charge in [0.25, 0.3) is 0 Å². The van der Waals surface area contributed by atoms with Crippen molar-refractivity contribution < 1.29 is 4.74 Å². The number of thioether (sulfide) groups is 1. The molecule has 0 atom stereocenters. The number of hydrogen-bond acceptors (Lipinski definition) is 4. The number of ether oxygens (including phenoxy) is 1. The predicted molar refractivity (Wildman–Crippen MR) is 69.2 cm³/mol. The molecule has 4 nitrogen and oxygen atoms in total. The summed E-state index contributed by atoms with van der Waals surface area (Å²) in [6.07, 6.45) is 8.80. The molecular formula is C12H21N3OS. The van der Waals surface area contributed by atoms with Gasteiger partial charge in [-0.3, -0.25) is 0 Å². The minimum atomic E-state index is 0.717. The van der Waals surface area contributed by atoms with Gasteiger partial charge in [0.1, 0.15) is 6.33 Å². The van der Waals surface area contributed by atoms with E-state index >= 15 is 0 Å². The molecular weight excluding hydrogens is 234 g/mol. The van der Waals surface area contributed by atoms with Crippen molar-refractivity contribution in [2.45, 2.75) is 43.8 Å². The smallest absolute Gasteiger partial charge is 0.191 e. The zero-order valence-corrected chi connectivity index (χ0v) is 11.3.